The van der Waals surface area contributed by atoms with Gasteiger partial charge in [-0.15, -0.1) is 0 Å². The van der Waals surface area contributed by atoms with Crippen LogP contribution >= 0.6 is 0 Å². The van der Waals surface area contributed by atoms with E-state index in [9.17, 15) is 9.59 Å². The summed E-state index contributed by atoms with van der Waals surface area (Å²) in [4.78, 5) is 28.0. The molecule has 82 valence electrons. The third-order valence-electron chi connectivity index (χ3n) is 2.31. The summed E-state index contributed by atoms with van der Waals surface area (Å²) in [5.74, 6) is -0.226. The van der Waals surface area contributed by atoms with E-state index in [4.69, 9.17) is 5.73 Å². The van der Waals surface area contributed by atoms with Crippen molar-refractivity contribution < 1.29 is 4.79 Å². The van der Waals surface area contributed by atoms with Crippen LogP contribution in [0.2, 0.25) is 0 Å². The molecule has 0 unspecified atom stereocenters. The van der Waals surface area contributed by atoms with E-state index in [1.807, 2.05) is 0 Å². The van der Waals surface area contributed by atoms with Gasteiger partial charge in [-0.3, -0.25) is 4.79 Å². The molecule has 2 rings (SSSR count). The van der Waals surface area contributed by atoms with Gasteiger partial charge in [0, 0.05) is 16.9 Å². The number of anilines is 1. The number of aromatic amines is 2. The minimum atomic E-state index is -0.378. The fourth-order valence-electron chi connectivity index (χ4n) is 1.48. The molecule has 0 aliphatic rings. The van der Waals surface area contributed by atoms with Gasteiger partial charge in [0.25, 0.3) is 0 Å². The minimum Gasteiger partial charge on any atom is -0.399 e. The Bertz CT molecular complexity index is 578. The smallest absolute Gasteiger partial charge is 0.323 e. The molecule has 0 amide bonds. The van der Waals surface area contributed by atoms with Crippen LogP contribution in [-0.4, -0.2) is 15.8 Å². The van der Waals surface area contributed by atoms with E-state index in [-0.39, 0.29) is 17.2 Å². The molecule has 2 aromatic rings. The zero-order valence-electron chi connectivity index (χ0n) is 8.70. The number of carbonyl (C=O) groups is 1. The number of rotatable bonds is 2. The van der Waals surface area contributed by atoms with Gasteiger partial charge in [-0.1, -0.05) is 0 Å². The van der Waals surface area contributed by atoms with Gasteiger partial charge in [0.15, 0.2) is 0 Å². The number of benzene rings is 1. The van der Waals surface area contributed by atoms with Gasteiger partial charge in [0.1, 0.15) is 5.69 Å². The molecule has 4 N–H and O–H groups in total. The van der Waals surface area contributed by atoms with Crippen LogP contribution in [0.15, 0.2) is 29.1 Å². The third-order valence-corrected chi connectivity index (χ3v) is 2.31. The molecule has 1 heterocycles. The number of aromatic nitrogens is 2. The second-order valence-electron chi connectivity index (χ2n) is 3.53. The lowest BCUT2D eigenvalue weighted by atomic mass is 10.1. The Morgan fingerprint density at radius 1 is 1.19 bits per heavy atom. The molecule has 0 fully saturated rings. The van der Waals surface area contributed by atoms with E-state index in [0.29, 0.717) is 16.9 Å². The average Bonchev–Trinajstić information content (AvgIpc) is 2.58. The summed E-state index contributed by atoms with van der Waals surface area (Å²) >= 11 is 0. The van der Waals surface area contributed by atoms with Crippen LogP contribution in [-0.2, 0) is 0 Å². The lowest BCUT2D eigenvalue weighted by Gasteiger charge is -1.99. The van der Waals surface area contributed by atoms with Crippen molar-refractivity contribution in [2.75, 3.05) is 5.73 Å². The van der Waals surface area contributed by atoms with Crippen molar-refractivity contribution in [2.24, 2.45) is 0 Å². The Labute approximate surface area is 91.3 Å². The summed E-state index contributed by atoms with van der Waals surface area (Å²) < 4.78 is 0. The monoisotopic (exact) mass is 217 g/mol. The summed E-state index contributed by atoms with van der Waals surface area (Å²) in [5.41, 5.74) is 7.05. The maximum absolute atomic E-state index is 12.0. The summed E-state index contributed by atoms with van der Waals surface area (Å²) in [6, 6.07) is 6.55. The highest BCUT2D eigenvalue weighted by atomic mass is 16.1. The quantitative estimate of drug-likeness (QED) is 0.513. The molecule has 0 spiro atoms. The summed E-state index contributed by atoms with van der Waals surface area (Å²) in [5, 5.41) is 0. The Morgan fingerprint density at radius 3 is 2.31 bits per heavy atom. The number of ketones is 1. The molecule has 0 bridgehead atoms. The first kappa shape index (κ1) is 10.2. The SMILES string of the molecule is Cc1[nH]c(=O)[nH]c1C(=O)c1ccc(N)cc1. The van der Waals surface area contributed by atoms with Crippen molar-refractivity contribution >= 4 is 11.5 Å². The number of H-pyrrole nitrogens is 2. The Hall–Kier alpha value is -2.30. The first-order valence-electron chi connectivity index (χ1n) is 4.77. The molecule has 0 radical (unpaired) electrons. The Balaban J connectivity index is 2.43. The van der Waals surface area contributed by atoms with E-state index in [1.165, 1.54) is 0 Å². The van der Waals surface area contributed by atoms with Gasteiger partial charge < -0.3 is 15.7 Å². The van der Waals surface area contributed by atoms with E-state index >= 15 is 0 Å². The van der Waals surface area contributed by atoms with Crippen LogP contribution in [0.1, 0.15) is 21.7 Å². The molecule has 0 atom stereocenters. The molecular weight excluding hydrogens is 206 g/mol. The zero-order chi connectivity index (χ0) is 11.7. The van der Waals surface area contributed by atoms with E-state index in [1.54, 1.807) is 31.2 Å². The highest BCUT2D eigenvalue weighted by Crippen LogP contribution is 2.11. The van der Waals surface area contributed by atoms with Crippen LogP contribution in [0, 0.1) is 6.92 Å². The molecule has 1 aromatic heterocycles. The maximum Gasteiger partial charge on any atom is 0.323 e. The molecule has 0 saturated heterocycles. The normalized spacial score (nSPS) is 10.3. The molecule has 5 nitrogen and oxygen atoms in total. The van der Waals surface area contributed by atoms with Crippen LogP contribution in [0.25, 0.3) is 0 Å². The first-order chi connectivity index (χ1) is 7.58. The fraction of sp³-hybridized carbons (Fsp3) is 0.0909. The highest BCUT2D eigenvalue weighted by Gasteiger charge is 2.14. The van der Waals surface area contributed by atoms with Crippen molar-refractivity contribution in [1.29, 1.82) is 0 Å². The van der Waals surface area contributed by atoms with Crippen molar-refractivity contribution in [3.05, 3.63) is 51.7 Å². The summed E-state index contributed by atoms with van der Waals surface area (Å²) in [6.07, 6.45) is 0. The van der Waals surface area contributed by atoms with E-state index in [2.05, 4.69) is 9.97 Å². The lowest BCUT2D eigenvalue weighted by Crippen LogP contribution is -2.06. The highest BCUT2D eigenvalue weighted by molar-refractivity contribution is 6.08. The molecule has 0 aliphatic heterocycles. The van der Waals surface area contributed by atoms with Crippen LogP contribution in [0.5, 0.6) is 0 Å². The van der Waals surface area contributed by atoms with Crippen molar-refractivity contribution in [3.8, 4) is 0 Å². The van der Waals surface area contributed by atoms with Gasteiger partial charge >= 0.3 is 5.69 Å². The average molecular weight is 217 g/mol. The van der Waals surface area contributed by atoms with E-state index in [0.717, 1.165) is 0 Å². The first-order valence-corrected chi connectivity index (χ1v) is 4.77. The van der Waals surface area contributed by atoms with Gasteiger partial charge in [0.05, 0.1) is 0 Å². The van der Waals surface area contributed by atoms with Crippen LogP contribution < -0.4 is 11.4 Å². The third kappa shape index (κ3) is 1.75. The van der Waals surface area contributed by atoms with Gasteiger partial charge in [0.2, 0.25) is 5.78 Å². The minimum absolute atomic E-state index is 0.226. The largest absolute Gasteiger partial charge is 0.399 e. The number of imidazole rings is 1. The van der Waals surface area contributed by atoms with Crippen LogP contribution in [0.3, 0.4) is 0 Å². The lowest BCUT2D eigenvalue weighted by molar-refractivity contribution is 0.103. The topological polar surface area (TPSA) is 91.7 Å². The summed E-state index contributed by atoms with van der Waals surface area (Å²) in [6.45, 7) is 1.67. The predicted molar refractivity (Wildman–Crippen MR) is 60.4 cm³/mol. The fourth-order valence-corrected chi connectivity index (χ4v) is 1.48. The number of carbonyl (C=O) groups excluding carboxylic acids is 1. The number of aryl methyl sites for hydroxylation is 1. The Morgan fingerprint density at radius 2 is 1.81 bits per heavy atom. The number of nitrogen functional groups attached to an aromatic ring is 1. The number of nitrogens with one attached hydrogen (secondary N) is 2. The van der Waals surface area contributed by atoms with Gasteiger partial charge in [-0.2, -0.15) is 0 Å². The predicted octanol–water partition coefficient (Wildman–Crippen LogP) is 0.825. The van der Waals surface area contributed by atoms with Crippen LogP contribution in [0.4, 0.5) is 5.69 Å². The number of nitrogens with two attached hydrogens (primary N) is 1. The van der Waals surface area contributed by atoms with Crippen molar-refractivity contribution in [3.63, 3.8) is 0 Å². The molecule has 16 heavy (non-hydrogen) atoms. The second kappa shape index (κ2) is 3.69. The van der Waals surface area contributed by atoms with Crippen molar-refractivity contribution in [2.45, 2.75) is 6.92 Å². The Kier molecular flexibility index (Phi) is 2.36. The van der Waals surface area contributed by atoms with Gasteiger partial charge in [-0.25, -0.2) is 4.79 Å². The molecular formula is C11H11N3O2. The standard InChI is InChI=1S/C11H11N3O2/c1-6-9(14-11(16)13-6)10(15)7-2-4-8(12)5-3-7/h2-5H,12H2,1H3,(H2,13,14,16). The summed E-state index contributed by atoms with van der Waals surface area (Å²) in [7, 11) is 0. The molecule has 0 saturated carbocycles. The molecule has 0 aliphatic carbocycles. The maximum atomic E-state index is 12.0. The zero-order valence-corrected chi connectivity index (χ0v) is 8.70. The van der Waals surface area contributed by atoms with E-state index < -0.39 is 0 Å². The number of hydrogen-bond acceptors (Lipinski definition) is 3. The van der Waals surface area contributed by atoms with Gasteiger partial charge in [-0.05, 0) is 31.2 Å². The van der Waals surface area contributed by atoms with Crippen molar-refractivity contribution in [1.82, 2.24) is 9.97 Å². The molecule has 5 heteroatoms. The molecule has 1 aromatic carbocycles. The number of hydrogen-bond donors (Lipinski definition) is 3. The second-order valence-corrected chi connectivity index (χ2v) is 3.53.